The molecule has 100 valence electrons. The monoisotopic (exact) mass is 242 g/mol. The van der Waals surface area contributed by atoms with Gasteiger partial charge < -0.3 is 9.80 Å². The first-order chi connectivity index (χ1) is 8.00. The molecular weight excluding hydrogens is 216 g/mol. The molecule has 0 aromatic rings. The highest BCUT2D eigenvalue weighted by molar-refractivity contribution is 5.77. The quantitative estimate of drug-likeness (QED) is 0.418. The van der Waals surface area contributed by atoms with Crippen molar-refractivity contribution in [2.45, 2.75) is 20.3 Å². The van der Waals surface area contributed by atoms with Crippen LogP contribution in [0.2, 0.25) is 0 Å². The summed E-state index contributed by atoms with van der Waals surface area (Å²) in [6.45, 7) is 9.97. The summed E-state index contributed by atoms with van der Waals surface area (Å²) in [4.78, 5) is 16.3. The van der Waals surface area contributed by atoms with E-state index < -0.39 is 0 Å². The Balaban J connectivity index is 2.13. The number of hydrazine groups is 1. The Labute approximate surface area is 104 Å². The van der Waals surface area contributed by atoms with Crippen molar-refractivity contribution in [1.29, 1.82) is 0 Å². The van der Waals surface area contributed by atoms with Crippen LogP contribution in [0.25, 0.3) is 0 Å². The van der Waals surface area contributed by atoms with Crippen LogP contribution in [0.3, 0.4) is 0 Å². The van der Waals surface area contributed by atoms with E-state index in [2.05, 4.69) is 16.8 Å². The average molecular weight is 242 g/mol. The maximum Gasteiger partial charge on any atom is 0.239 e. The molecule has 1 saturated heterocycles. The lowest BCUT2D eigenvalue weighted by Crippen LogP contribution is -2.46. The number of carbonyl (C=O) groups is 1. The number of nitrogens with zero attached hydrogens (tertiary/aromatic N) is 3. The van der Waals surface area contributed by atoms with Crippen LogP contribution in [0.5, 0.6) is 0 Å². The highest BCUT2D eigenvalue weighted by Gasteiger charge is 2.15. The topological polar surface area (TPSA) is 52.8 Å². The van der Waals surface area contributed by atoms with Crippen molar-refractivity contribution in [3.8, 4) is 0 Å². The Kier molecular flexibility index (Phi) is 5.88. The lowest BCUT2D eigenvalue weighted by atomic mass is 10.2. The van der Waals surface area contributed by atoms with Gasteiger partial charge in [-0.05, 0) is 20.0 Å². The lowest BCUT2D eigenvalue weighted by Gasteiger charge is -2.32. The number of piperazine rings is 1. The number of amides is 1. The number of hydrogen-bond acceptors (Lipinski definition) is 4. The van der Waals surface area contributed by atoms with Gasteiger partial charge in [-0.3, -0.25) is 9.80 Å². The van der Waals surface area contributed by atoms with Crippen molar-refractivity contribution in [3.05, 3.63) is 0 Å². The molecule has 2 N–H and O–H groups in total. The van der Waals surface area contributed by atoms with Crippen LogP contribution >= 0.6 is 0 Å². The molecule has 5 heteroatoms. The van der Waals surface area contributed by atoms with Gasteiger partial charge in [0.1, 0.15) is 0 Å². The smallest absolute Gasteiger partial charge is 0.239 e. The van der Waals surface area contributed by atoms with E-state index in [4.69, 9.17) is 5.84 Å². The maximum atomic E-state index is 11.5. The zero-order valence-corrected chi connectivity index (χ0v) is 11.4. The number of hydrogen-bond donors (Lipinski definition) is 1. The van der Waals surface area contributed by atoms with E-state index in [1.165, 1.54) is 5.01 Å². The van der Waals surface area contributed by atoms with Crippen molar-refractivity contribution in [2.75, 3.05) is 46.3 Å². The van der Waals surface area contributed by atoms with Crippen LogP contribution < -0.4 is 5.84 Å². The average Bonchev–Trinajstić information content (AvgIpc) is 2.30. The molecule has 0 aliphatic carbocycles. The first-order valence-corrected chi connectivity index (χ1v) is 6.47. The summed E-state index contributed by atoms with van der Waals surface area (Å²) in [6.07, 6.45) is 0.957. The molecule has 17 heavy (non-hydrogen) atoms. The van der Waals surface area contributed by atoms with E-state index >= 15 is 0 Å². The lowest BCUT2D eigenvalue weighted by molar-refractivity contribution is -0.134. The molecule has 0 radical (unpaired) electrons. The van der Waals surface area contributed by atoms with Crippen LogP contribution in [0.4, 0.5) is 0 Å². The third-order valence-electron chi connectivity index (χ3n) is 3.25. The molecule has 0 atom stereocenters. The van der Waals surface area contributed by atoms with E-state index in [0.717, 1.165) is 39.1 Å². The fourth-order valence-electron chi connectivity index (χ4n) is 1.98. The normalized spacial score (nSPS) is 18.6. The SMILES string of the molecule is CC(C)C(=O)N(N)CCCN1CCN(C)CC1. The minimum atomic E-state index is -0.0105. The van der Waals surface area contributed by atoms with Crippen molar-refractivity contribution in [3.63, 3.8) is 0 Å². The van der Waals surface area contributed by atoms with Crippen LogP contribution in [0.15, 0.2) is 0 Å². The first-order valence-electron chi connectivity index (χ1n) is 6.47. The number of rotatable bonds is 5. The fourth-order valence-corrected chi connectivity index (χ4v) is 1.98. The van der Waals surface area contributed by atoms with Crippen LogP contribution in [-0.2, 0) is 4.79 Å². The molecule has 0 saturated carbocycles. The molecule has 1 heterocycles. The second kappa shape index (κ2) is 6.93. The highest BCUT2D eigenvalue weighted by Crippen LogP contribution is 2.02. The summed E-state index contributed by atoms with van der Waals surface area (Å²) >= 11 is 0. The standard InChI is InChI=1S/C12H26N4O/c1-11(2)12(17)16(13)6-4-5-15-9-7-14(3)8-10-15/h11H,4-10,13H2,1-3H3. The van der Waals surface area contributed by atoms with E-state index in [1.807, 2.05) is 13.8 Å². The Morgan fingerprint density at radius 1 is 1.29 bits per heavy atom. The molecule has 5 nitrogen and oxygen atoms in total. The molecule has 1 aliphatic rings. The number of carbonyl (C=O) groups excluding carboxylic acids is 1. The van der Waals surface area contributed by atoms with Crippen molar-refractivity contribution in [2.24, 2.45) is 11.8 Å². The predicted octanol–water partition coefficient (Wildman–Crippen LogP) is -0.0178. The summed E-state index contributed by atoms with van der Waals surface area (Å²) in [7, 11) is 2.15. The van der Waals surface area contributed by atoms with Gasteiger partial charge in [0.15, 0.2) is 0 Å². The van der Waals surface area contributed by atoms with E-state index in [9.17, 15) is 4.79 Å². The Morgan fingerprint density at radius 3 is 2.41 bits per heavy atom. The summed E-state index contributed by atoms with van der Waals surface area (Å²) in [5.74, 6) is 5.73. The predicted molar refractivity (Wildman–Crippen MR) is 69.3 cm³/mol. The maximum absolute atomic E-state index is 11.5. The molecule has 0 aromatic carbocycles. The molecule has 1 amide bonds. The second-order valence-corrected chi connectivity index (χ2v) is 5.18. The van der Waals surface area contributed by atoms with Gasteiger partial charge in [0, 0.05) is 38.6 Å². The zero-order valence-electron chi connectivity index (χ0n) is 11.4. The Hall–Kier alpha value is -0.650. The molecule has 0 aromatic heterocycles. The van der Waals surface area contributed by atoms with E-state index in [0.29, 0.717) is 6.54 Å². The fraction of sp³-hybridized carbons (Fsp3) is 0.917. The zero-order chi connectivity index (χ0) is 12.8. The molecule has 0 bridgehead atoms. The molecule has 0 spiro atoms. The van der Waals surface area contributed by atoms with Gasteiger partial charge in [-0.2, -0.15) is 0 Å². The molecular formula is C12H26N4O. The first kappa shape index (κ1) is 14.4. The van der Waals surface area contributed by atoms with Gasteiger partial charge in [0.2, 0.25) is 5.91 Å². The minimum absolute atomic E-state index is 0.0105. The Morgan fingerprint density at radius 2 is 1.88 bits per heavy atom. The van der Waals surface area contributed by atoms with Gasteiger partial charge in [-0.25, -0.2) is 5.84 Å². The summed E-state index contributed by atoms with van der Waals surface area (Å²) in [5, 5.41) is 1.36. The van der Waals surface area contributed by atoms with Crippen LogP contribution in [0.1, 0.15) is 20.3 Å². The largest absolute Gasteiger partial charge is 0.304 e. The molecule has 0 unspecified atom stereocenters. The molecule has 1 aliphatic heterocycles. The highest BCUT2D eigenvalue weighted by atomic mass is 16.2. The third kappa shape index (κ3) is 5.02. The van der Waals surface area contributed by atoms with Crippen LogP contribution in [-0.4, -0.2) is 67.0 Å². The van der Waals surface area contributed by atoms with Gasteiger partial charge in [0.05, 0.1) is 0 Å². The Bertz CT molecular complexity index is 237. The second-order valence-electron chi connectivity index (χ2n) is 5.18. The summed E-state index contributed by atoms with van der Waals surface area (Å²) in [6, 6.07) is 0. The number of likely N-dealkylation sites (N-methyl/N-ethyl adjacent to an activating group) is 1. The summed E-state index contributed by atoms with van der Waals surface area (Å²) in [5.41, 5.74) is 0. The van der Waals surface area contributed by atoms with Gasteiger partial charge in [-0.15, -0.1) is 0 Å². The van der Waals surface area contributed by atoms with E-state index in [1.54, 1.807) is 0 Å². The van der Waals surface area contributed by atoms with Crippen molar-refractivity contribution in [1.82, 2.24) is 14.8 Å². The van der Waals surface area contributed by atoms with Gasteiger partial charge >= 0.3 is 0 Å². The van der Waals surface area contributed by atoms with Gasteiger partial charge in [-0.1, -0.05) is 13.8 Å². The van der Waals surface area contributed by atoms with E-state index in [-0.39, 0.29) is 11.8 Å². The summed E-state index contributed by atoms with van der Waals surface area (Å²) < 4.78 is 0. The number of nitrogens with two attached hydrogens (primary N) is 1. The molecule has 1 fully saturated rings. The van der Waals surface area contributed by atoms with Crippen molar-refractivity contribution >= 4 is 5.91 Å². The molecule has 1 rings (SSSR count). The van der Waals surface area contributed by atoms with Gasteiger partial charge in [0.25, 0.3) is 0 Å². The third-order valence-corrected chi connectivity index (χ3v) is 3.25. The van der Waals surface area contributed by atoms with Crippen molar-refractivity contribution < 1.29 is 4.79 Å². The van der Waals surface area contributed by atoms with Crippen LogP contribution in [0, 0.1) is 5.92 Å². The minimum Gasteiger partial charge on any atom is -0.304 e.